The zero-order chi connectivity index (χ0) is 12.7. The number of nitrogens with zero attached hydrogens (tertiary/aromatic N) is 2. The van der Waals surface area contributed by atoms with Crippen molar-refractivity contribution in [2.45, 2.75) is 57.7 Å². The van der Waals surface area contributed by atoms with E-state index in [1.807, 2.05) is 0 Å². The molecule has 3 atom stereocenters. The van der Waals surface area contributed by atoms with Gasteiger partial charge in [0.25, 0.3) is 0 Å². The number of rotatable bonds is 2. The number of carbonyl (C=O) groups is 1. The van der Waals surface area contributed by atoms with E-state index < -0.39 is 0 Å². The molecule has 0 aromatic rings. The Kier molecular flexibility index (Phi) is 3.32. The lowest BCUT2D eigenvalue weighted by molar-refractivity contribution is -0.132. The van der Waals surface area contributed by atoms with Gasteiger partial charge < -0.3 is 9.80 Å². The topological polar surface area (TPSA) is 35.6 Å². The maximum absolute atomic E-state index is 12.4. The molecule has 3 aliphatic heterocycles. The van der Waals surface area contributed by atoms with Crippen LogP contribution in [0, 0.1) is 5.92 Å². The summed E-state index contributed by atoms with van der Waals surface area (Å²) in [6.07, 6.45) is 5.03. The predicted octanol–water partition coefficient (Wildman–Crippen LogP) is 1.03. The number of hydrogen-bond donors (Lipinski definition) is 1. The van der Waals surface area contributed by atoms with E-state index in [0.717, 1.165) is 19.1 Å². The first-order valence-electron chi connectivity index (χ1n) is 7.44. The van der Waals surface area contributed by atoms with Gasteiger partial charge in [-0.05, 0) is 38.1 Å². The second-order valence-corrected chi connectivity index (χ2v) is 6.40. The lowest BCUT2D eigenvalue weighted by atomic mass is 9.95. The second-order valence-electron chi connectivity index (χ2n) is 6.40. The van der Waals surface area contributed by atoms with Gasteiger partial charge >= 0.3 is 0 Å². The first-order valence-corrected chi connectivity index (χ1v) is 7.44. The van der Waals surface area contributed by atoms with E-state index >= 15 is 0 Å². The molecule has 3 unspecified atom stereocenters. The molecule has 102 valence electrons. The third-order valence-electron chi connectivity index (χ3n) is 4.93. The Labute approximate surface area is 110 Å². The molecule has 0 spiro atoms. The Morgan fingerprint density at radius 3 is 2.78 bits per heavy atom. The Morgan fingerprint density at radius 2 is 2.06 bits per heavy atom. The van der Waals surface area contributed by atoms with Crippen molar-refractivity contribution in [2.75, 3.05) is 19.8 Å². The van der Waals surface area contributed by atoms with E-state index in [0.29, 0.717) is 17.9 Å². The Morgan fingerprint density at radius 1 is 1.22 bits per heavy atom. The largest absolute Gasteiger partial charge is 0.325 e. The van der Waals surface area contributed by atoms with Crippen LogP contribution in [0.2, 0.25) is 0 Å². The molecule has 0 aromatic heterocycles. The molecule has 3 heterocycles. The van der Waals surface area contributed by atoms with Gasteiger partial charge in [0.2, 0.25) is 5.91 Å². The maximum Gasteiger partial charge on any atom is 0.241 e. The summed E-state index contributed by atoms with van der Waals surface area (Å²) in [7, 11) is 0. The van der Waals surface area contributed by atoms with E-state index in [2.05, 4.69) is 29.0 Å². The Balaban J connectivity index is 1.64. The fourth-order valence-corrected chi connectivity index (χ4v) is 3.86. The van der Waals surface area contributed by atoms with Crippen LogP contribution in [0.25, 0.3) is 0 Å². The second kappa shape index (κ2) is 4.82. The van der Waals surface area contributed by atoms with Gasteiger partial charge in [-0.25, -0.2) is 0 Å². The van der Waals surface area contributed by atoms with Crippen molar-refractivity contribution in [2.24, 2.45) is 5.92 Å². The summed E-state index contributed by atoms with van der Waals surface area (Å²) in [5.41, 5.74) is 0. The molecule has 0 saturated carbocycles. The lowest BCUT2D eigenvalue weighted by Gasteiger charge is -2.39. The van der Waals surface area contributed by atoms with Crippen molar-refractivity contribution in [1.82, 2.24) is 15.1 Å². The van der Waals surface area contributed by atoms with Crippen LogP contribution in [0.15, 0.2) is 0 Å². The van der Waals surface area contributed by atoms with E-state index in [9.17, 15) is 4.79 Å². The van der Waals surface area contributed by atoms with Gasteiger partial charge in [0.1, 0.15) is 0 Å². The minimum atomic E-state index is 0.0478. The van der Waals surface area contributed by atoms with Crippen LogP contribution in [-0.4, -0.2) is 53.6 Å². The molecular weight excluding hydrogens is 226 g/mol. The lowest BCUT2D eigenvalue weighted by Crippen LogP contribution is -2.49. The average molecular weight is 251 g/mol. The van der Waals surface area contributed by atoms with Crippen molar-refractivity contribution < 1.29 is 4.79 Å². The SMILES string of the molecule is CC(C)C1NCN(C2CCN3CCCC3C2)C1=O. The highest BCUT2D eigenvalue weighted by atomic mass is 16.2. The van der Waals surface area contributed by atoms with Crippen LogP contribution in [0.4, 0.5) is 0 Å². The van der Waals surface area contributed by atoms with Crippen LogP contribution < -0.4 is 5.32 Å². The molecule has 1 N–H and O–H groups in total. The average Bonchev–Trinajstić information content (AvgIpc) is 2.93. The molecule has 3 rings (SSSR count). The molecule has 0 aromatic carbocycles. The third kappa shape index (κ3) is 2.05. The third-order valence-corrected chi connectivity index (χ3v) is 4.93. The number of nitrogens with one attached hydrogen (secondary N) is 1. The van der Waals surface area contributed by atoms with E-state index in [-0.39, 0.29) is 6.04 Å². The molecule has 18 heavy (non-hydrogen) atoms. The highest BCUT2D eigenvalue weighted by Crippen LogP contribution is 2.30. The Bertz CT molecular complexity index is 331. The van der Waals surface area contributed by atoms with Gasteiger partial charge in [0.15, 0.2) is 0 Å². The molecule has 4 nitrogen and oxygen atoms in total. The number of fused-ring (bicyclic) bond motifs is 1. The minimum absolute atomic E-state index is 0.0478. The molecule has 0 bridgehead atoms. The van der Waals surface area contributed by atoms with Gasteiger partial charge in [-0.15, -0.1) is 0 Å². The van der Waals surface area contributed by atoms with E-state index in [1.54, 1.807) is 0 Å². The molecule has 3 aliphatic rings. The number of hydrogen-bond acceptors (Lipinski definition) is 3. The molecule has 0 radical (unpaired) electrons. The monoisotopic (exact) mass is 251 g/mol. The normalized spacial score (nSPS) is 37.6. The fraction of sp³-hybridized carbons (Fsp3) is 0.929. The molecular formula is C14H25N3O. The minimum Gasteiger partial charge on any atom is -0.325 e. The van der Waals surface area contributed by atoms with Crippen LogP contribution in [0.3, 0.4) is 0 Å². The van der Waals surface area contributed by atoms with Crippen LogP contribution >= 0.6 is 0 Å². The van der Waals surface area contributed by atoms with Crippen molar-refractivity contribution >= 4 is 5.91 Å². The highest BCUT2D eigenvalue weighted by molar-refractivity contribution is 5.84. The summed E-state index contributed by atoms with van der Waals surface area (Å²) >= 11 is 0. The van der Waals surface area contributed by atoms with Gasteiger partial charge in [0, 0.05) is 18.6 Å². The van der Waals surface area contributed by atoms with Crippen molar-refractivity contribution in [3.05, 3.63) is 0 Å². The summed E-state index contributed by atoms with van der Waals surface area (Å²) in [6, 6.07) is 1.27. The van der Waals surface area contributed by atoms with E-state index in [4.69, 9.17) is 0 Å². The maximum atomic E-state index is 12.4. The summed E-state index contributed by atoms with van der Waals surface area (Å²) in [5.74, 6) is 0.732. The number of amides is 1. The fourth-order valence-electron chi connectivity index (χ4n) is 3.86. The van der Waals surface area contributed by atoms with Gasteiger partial charge in [-0.2, -0.15) is 0 Å². The van der Waals surface area contributed by atoms with E-state index in [1.165, 1.54) is 32.4 Å². The highest BCUT2D eigenvalue weighted by Gasteiger charge is 2.41. The van der Waals surface area contributed by atoms with Gasteiger partial charge in [0.05, 0.1) is 12.7 Å². The standard InChI is InChI=1S/C14H25N3O/c1-10(2)13-14(18)17(9-15-13)12-5-7-16-6-3-4-11(16)8-12/h10-13,15H,3-9H2,1-2H3. The molecule has 1 amide bonds. The zero-order valence-corrected chi connectivity index (χ0v) is 11.6. The first kappa shape index (κ1) is 12.4. The molecule has 3 fully saturated rings. The van der Waals surface area contributed by atoms with Crippen LogP contribution in [0.1, 0.15) is 39.5 Å². The van der Waals surface area contributed by atoms with Crippen molar-refractivity contribution in [1.29, 1.82) is 0 Å². The molecule has 4 heteroatoms. The Hall–Kier alpha value is -0.610. The zero-order valence-electron chi connectivity index (χ0n) is 11.6. The molecule has 0 aliphatic carbocycles. The number of piperidine rings is 1. The van der Waals surface area contributed by atoms with Gasteiger partial charge in [-0.3, -0.25) is 10.1 Å². The molecule has 3 saturated heterocycles. The summed E-state index contributed by atoms with van der Waals surface area (Å²) < 4.78 is 0. The predicted molar refractivity (Wildman–Crippen MR) is 71.1 cm³/mol. The quantitative estimate of drug-likeness (QED) is 0.796. The smallest absolute Gasteiger partial charge is 0.241 e. The summed E-state index contributed by atoms with van der Waals surface area (Å²) in [4.78, 5) is 17.1. The van der Waals surface area contributed by atoms with Crippen molar-refractivity contribution in [3.8, 4) is 0 Å². The van der Waals surface area contributed by atoms with Crippen LogP contribution in [0.5, 0.6) is 0 Å². The number of carbonyl (C=O) groups excluding carboxylic acids is 1. The van der Waals surface area contributed by atoms with Crippen molar-refractivity contribution in [3.63, 3.8) is 0 Å². The first-order chi connectivity index (χ1) is 8.66. The van der Waals surface area contributed by atoms with Crippen LogP contribution in [-0.2, 0) is 4.79 Å². The summed E-state index contributed by atoms with van der Waals surface area (Å²) in [6.45, 7) is 7.47. The summed E-state index contributed by atoms with van der Waals surface area (Å²) in [5, 5.41) is 3.38. The van der Waals surface area contributed by atoms with Gasteiger partial charge in [-0.1, -0.05) is 13.8 Å².